The number of aryl methyl sites for hydroxylation is 2. The largest absolute Gasteiger partial charge is 0.433 e. The Kier molecular flexibility index (Phi) is 7.02. The van der Waals surface area contributed by atoms with Gasteiger partial charge in [-0.3, -0.25) is 9.48 Å². The van der Waals surface area contributed by atoms with Crippen LogP contribution in [0, 0.1) is 0 Å². The molecule has 6 nitrogen and oxygen atoms in total. The van der Waals surface area contributed by atoms with E-state index < -0.39 is 11.9 Å². The van der Waals surface area contributed by atoms with E-state index >= 15 is 0 Å². The highest BCUT2D eigenvalue weighted by Crippen LogP contribution is 2.35. The molecular weight excluding hydrogens is 467 g/mol. The Hall–Kier alpha value is -2.81. The fourth-order valence-electron chi connectivity index (χ4n) is 4.46. The molecule has 0 bridgehead atoms. The quantitative estimate of drug-likeness (QED) is 0.452. The van der Waals surface area contributed by atoms with Gasteiger partial charge < -0.3 is 10.6 Å². The minimum atomic E-state index is -4.56. The molecule has 1 amide bonds. The van der Waals surface area contributed by atoms with E-state index in [-0.39, 0.29) is 23.5 Å². The second kappa shape index (κ2) is 9.82. The Balaban J connectivity index is 1.52. The molecule has 0 spiro atoms. The lowest BCUT2D eigenvalue weighted by Gasteiger charge is -2.31. The lowest BCUT2D eigenvalue weighted by atomic mass is 9.90. The number of amides is 1. The molecule has 2 aromatic heterocycles. The Bertz CT molecular complexity index is 1190. The van der Waals surface area contributed by atoms with E-state index in [0.717, 1.165) is 37.4 Å². The van der Waals surface area contributed by atoms with E-state index in [1.807, 2.05) is 19.9 Å². The van der Waals surface area contributed by atoms with Gasteiger partial charge in [-0.05, 0) is 69.4 Å². The number of halogens is 4. The van der Waals surface area contributed by atoms with Gasteiger partial charge in [0.05, 0.1) is 11.2 Å². The zero-order valence-electron chi connectivity index (χ0n) is 19.0. The molecule has 1 aliphatic carbocycles. The number of aromatic nitrogens is 3. The fraction of sp³-hybridized carbons (Fsp3) is 0.458. The molecule has 10 heteroatoms. The van der Waals surface area contributed by atoms with Crippen molar-refractivity contribution < 1.29 is 18.0 Å². The van der Waals surface area contributed by atoms with Crippen LogP contribution < -0.4 is 10.6 Å². The molecule has 2 heterocycles. The summed E-state index contributed by atoms with van der Waals surface area (Å²) in [4.78, 5) is 16.7. The van der Waals surface area contributed by atoms with Crippen LogP contribution in [0.4, 0.5) is 18.9 Å². The third-order valence-electron chi connectivity index (χ3n) is 6.16. The highest BCUT2D eigenvalue weighted by atomic mass is 35.5. The maximum atomic E-state index is 13.4. The van der Waals surface area contributed by atoms with Crippen LogP contribution in [0.1, 0.15) is 61.4 Å². The smallest absolute Gasteiger partial charge is 0.382 e. The molecule has 0 saturated heterocycles. The highest BCUT2D eigenvalue weighted by Gasteiger charge is 2.34. The predicted molar refractivity (Wildman–Crippen MR) is 126 cm³/mol. The average molecular weight is 494 g/mol. The van der Waals surface area contributed by atoms with Crippen LogP contribution in [0.5, 0.6) is 0 Å². The van der Waals surface area contributed by atoms with E-state index in [1.54, 1.807) is 10.7 Å². The average Bonchev–Trinajstić information content (AvgIpc) is 3.23. The number of carbonyl (C=O) groups is 1. The molecule has 4 rings (SSSR count). The monoisotopic (exact) mass is 493 g/mol. The molecule has 34 heavy (non-hydrogen) atoms. The standard InChI is InChI=1S/C24H27ClF3N5O/c1-3-15-12-21(33(4-2)32-15)23(34)30-17-7-5-6-16(11-17)29-20-13-22(24(26,27)28)31-19-9-8-14(25)10-18(19)20/h8-10,12-13,16-17H,3-7,11H2,1-2H3,(H,29,31)(H,30,34)/t16-,17+/m0/s1. The summed E-state index contributed by atoms with van der Waals surface area (Å²) in [6.45, 7) is 4.52. The number of nitrogens with zero attached hydrogens (tertiary/aromatic N) is 3. The number of pyridine rings is 1. The SMILES string of the molecule is CCc1cc(C(=O)N[C@@H]2CCC[C@H](Nc3cc(C(F)(F)F)nc4ccc(Cl)cc34)C2)n(CC)n1. The fourth-order valence-corrected chi connectivity index (χ4v) is 4.63. The summed E-state index contributed by atoms with van der Waals surface area (Å²) in [5.74, 6) is -0.180. The molecule has 1 aromatic carbocycles. The van der Waals surface area contributed by atoms with Crippen molar-refractivity contribution in [3.63, 3.8) is 0 Å². The van der Waals surface area contributed by atoms with E-state index in [0.29, 0.717) is 34.8 Å². The van der Waals surface area contributed by atoms with Crippen LogP contribution in [0.3, 0.4) is 0 Å². The van der Waals surface area contributed by atoms with Gasteiger partial charge in [0.25, 0.3) is 5.91 Å². The van der Waals surface area contributed by atoms with Crippen molar-refractivity contribution in [3.05, 3.63) is 52.4 Å². The van der Waals surface area contributed by atoms with Gasteiger partial charge in [0, 0.05) is 34.7 Å². The van der Waals surface area contributed by atoms with Crippen molar-refractivity contribution in [3.8, 4) is 0 Å². The van der Waals surface area contributed by atoms with Crippen molar-refractivity contribution in [2.24, 2.45) is 0 Å². The summed E-state index contributed by atoms with van der Waals surface area (Å²) in [6, 6.07) is 7.28. The Morgan fingerprint density at radius 3 is 2.65 bits per heavy atom. The molecule has 1 saturated carbocycles. The molecule has 2 N–H and O–H groups in total. The molecule has 3 aromatic rings. The second-order valence-corrected chi connectivity index (χ2v) is 9.02. The number of hydrogen-bond acceptors (Lipinski definition) is 4. The van der Waals surface area contributed by atoms with E-state index in [1.165, 1.54) is 12.1 Å². The first-order valence-corrected chi connectivity index (χ1v) is 11.9. The molecule has 1 aliphatic rings. The maximum absolute atomic E-state index is 13.4. The molecule has 0 unspecified atom stereocenters. The topological polar surface area (TPSA) is 71.8 Å². The molecule has 182 valence electrons. The zero-order valence-corrected chi connectivity index (χ0v) is 19.8. The van der Waals surface area contributed by atoms with Gasteiger partial charge in [-0.25, -0.2) is 4.98 Å². The summed E-state index contributed by atoms with van der Waals surface area (Å²) in [6.07, 6.45) is -0.796. The van der Waals surface area contributed by atoms with Crippen molar-refractivity contribution in [1.29, 1.82) is 0 Å². The van der Waals surface area contributed by atoms with Crippen LogP contribution in [0.2, 0.25) is 5.02 Å². The van der Waals surface area contributed by atoms with Crippen molar-refractivity contribution in [2.75, 3.05) is 5.32 Å². The third kappa shape index (κ3) is 5.29. The maximum Gasteiger partial charge on any atom is 0.433 e. The Morgan fingerprint density at radius 1 is 1.18 bits per heavy atom. The normalized spacial score (nSPS) is 18.8. The van der Waals surface area contributed by atoms with Gasteiger partial charge in [-0.15, -0.1) is 0 Å². The van der Waals surface area contributed by atoms with Gasteiger partial charge in [0.1, 0.15) is 11.4 Å². The number of benzene rings is 1. The molecule has 0 radical (unpaired) electrons. The number of alkyl halides is 3. The first-order valence-electron chi connectivity index (χ1n) is 11.5. The minimum absolute atomic E-state index is 0.0946. The van der Waals surface area contributed by atoms with Gasteiger partial charge in [0.2, 0.25) is 0 Å². The lowest BCUT2D eigenvalue weighted by Crippen LogP contribution is -2.42. The van der Waals surface area contributed by atoms with Crippen LogP contribution in [0.25, 0.3) is 10.9 Å². The minimum Gasteiger partial charge on any atom is -0.382 e. The number of nitrogens with one attached hydrogen (secondary N) is 2. The van der Waals surface area contributed by atoms with Crippen LogP contribution in [-0.2, 0) is 19.1 Å². The molecule has 1 fully saturated rings. The van der Waals surface area contributed by atoms with Crippen LogP contribution in [0.15, 0.2) is 30.3 Å². The summed E-state index contributed by atoms with van der Waals surface area (Å²) in [5, 5.41) is 11.8. The van der Waals surface area contributed by atoms with Crippen molar-refractivity contribution in [2.45, 2.75) is 70.8 Å². The number of carbonyl (C=O) groups excluding carboxylic acids is 1. The molecule has 2 atom stereocenters. The Labute approximate surface area is 200 Å². The predicted octanol–water partition coefficient (Wildman–Crippen LogP) is 5.84. The third-order valence-corrected chi connectivity index (χ3v) is 6.39. The van der Waals surface area contributed by atoms with Crippen LogP contribution in [-0.4, -0.2) is 32.8 Å². The highest BCUT2D eigenvalue weighted by molar-refractivity contribution is 6.31. The molecular formula is C24H27ClF3N5O. The number of anilines is 1. The summed E-state index contributed by atoms with van der Waals surface area (Å²) < 4.78 is 42.0. The first-order chi connectivity index (χ1) is 16.2. The van der Waals surface area contributed by atoms with Gasteiger partial charge in [-0.1, -0.05) is 18.5 Å². The van der Waals surface area contributed by atoms with Crippen molar-refractivity contribution in [1.82, 2.24) is 20.1 Å². The van der Waals surface area contributed by atoms with Crippen LogP contribution >= 0.6 is 11.6 Å². The van der Waals surface area contributed by atoms with E-state index in [2.05, 4.69) is 20.7 Å². The van der Waals surface area contributed by atoms with Gasteiger partial charge in [0.15, 0.2) is 0 Å². The summed E-state index contributed by atoms with van der Waals surface area (Å²) >= 11 is 6.11. The Morgan fingerprint density at radius 2 is 1.94 bits per heavy atom. The van der Waals surface area contributed by atoms with E-state index in [4.69, 9.17) is 11.6 Å². The van der Waals surface area contributed by atoms with E-state index in [9.17, 15) is 18.0 Å². The summed E-state index contributed by atoms with van der Waals surface area (Å²) in [7, 11) is 0. The first kappa shape index (κ1) is 24.3. The van der Waals surface area contributed by atoms with Gasteiger partial charge in [-0.2, -0.15) is 18.3 Å². The number of fused-ring (bicyclic) bond motifs is 1. The zero-order chi connectivity index (χ0) is 24.5. The van der Waals surface area contributed by atoms with Crippen molar-refractivity contribution >= 4 is 34.1 Å². The molecule has 0 aliphatic heterocycles. The lowest BCUT2D eigenvalue weighted by molar-refractivity contribution is -0.140. The number of rotatable bonds is 6. The second-order valence-electron chi connectivity index (χ2n) is 8.58. The van der Waals surface area contributed by atoms with Gasteiger partial charge >= 0.3 is 6.18 Å². The number of hydrogen-bond donors (Lipinski definition) is 2. The summed E-state index contributed by atoms with van der Waals surface area (Å²) in [5.41, 5.74) is 0.998.